The Hall–Kier alpha value is -3.59. The molecule has 36 heavy (non-hydrogen) atoms. The number of imide groups is 1. The van der Waals surface area contributed by atoms with Crippen molar-refractivity contribution < 1.29 is 28.7 Å². The maximum Gasteiger partial charge on any atom is 0.255 e. The van der Waals surface area contributed by atoms with Gasteiger partial charge in [0.25, 0.3) is 5.91 Å². The summed E-state index contributed by atoms with van der Waals surface area (Å²) in [4.78, 5) is 52.4. The average molecular weight is 487 g/mol. The fourth-order valence-electron chi connectivity index (χ4n) is 5.03. The van der Waals surface area contributed by atoms with E-state index in [1.807, 2.05) is 30.9 Å². The highest BCUT2D eigenvalue weighted by Crippen LogP contribution is 2.33. The number of hydrogen-bond acceptors (Lipinski definition) is 6. The molecule has 5 rings (SSSR count). The number of fused-ring (bicyclic) bond motifs is 1. The number of morpholine rings is 1. The van der Waals surface area contributed by atoms with Crippen LogP contribution in [0.4, 0.5) is 0 Å². The van der Waals surface area contributed by atoms with E-state index in [4.69, 9.17) is 9.47 Å². The molecule has 2 aromatic rings. The van der Waals surface area contributed by atoms with E-state index in [0.29, 0.717) is 44.0 Å². The summed E-state index contributed by atoms with van der Waals surface area (Å²) < 4.78 is 11.4. The highest BCUT2D eigenvalue weighted by molar-refractivity contribution is 6.49. The van der Waals surface area contributed by atoms with Gasteiger partial charge in [-0.1, -0.05) is 29.1 Å². The molecule has 0 saturated carbocycles. The second kappa shape index (κ2) is 9.81. The SMILES string of the molecule is Bc1c(COc2cccc3c2CN(C2CCC(=O)NC2=O)C3=O)ccc(CN2CCOCC2=O)c1B. The first-order chi connectivity index (χ1) is 17.3. The van der Waals surface area contributed by atoms with E-state index >= 15 is 0 Å². The van der Waals surface area contributed by atoms with Crippen LogP contribution in [0.15, 0.2) is 30.3 Å². The molecular weight excluding hydrogens is 460 g/mol. The van der Waals surface area contributed by atoms with Gasteiger partial charge in [0.1, 0.15) is 40.7 Å². The lowest BCUT2D eigenvalue weighted by Crippen LogP contribution is -2.52. The van der Waals surface area contributed by atoms with Crippen LogP contribution in [-0.4, -0.2) is 74.9 Å². The average Bonchev–Trinajstić information content (AvgIpc) is 3.19. The Morgan fingerprint density at radius 2 is 1.83 bits per heavy atom. The van der Waals surface area contributed by atoms with Crippen molar-refractivity contribution in [3.05, 3.63) is 52.6 Å². The van der Waals surface area contributed by atoms with Crippen LogP contribution in [0.5, 0.6) is 5.75 Å². The Balaban J connectivity index is 1.29. The van der Waals surface area contributed by atoms with Crippen molar-refractivity contribution in [1.82, 2.24) is 15.1 Å². The van der Waals surface area contributed by atoms with Crippen LogP contribution in [0, 0.1) is 0 Å². The molecule has 3 heterocycles. The third-order valence-corrected chi connectivity index (χ3v) is 7.38. The molecule has 0 bridgehead atoms. The molecule has 2 saturated heterocycles. The normalized spacial score (nSPS) is 19.9. The van der Waals surface area contributed by atoms with Gasteiger partial charge in [-0.25, -0.2) is 0 Å². The number of ether oxygens (including phenoxy) is 2. The predicted molar refractivity (Wildman–Crippen MR) is 136 cm³/mol. The Morgan fingerprint density at radius 3 is 2.61 bits per heavy atom. The highest BCUT2D eigenvalue weighted by atomic mass is 16.5. The third kappa shape index (κ3) is 4.51. The van der Waals surface area contributed by atoms with Crippen LogP contribution in [0.25, 0.3) is 0 Å². The number of hydrogen-bond donors (Lipinski definition) is 1. The minimum Gasteiger partial charge on any atom is -0.489 e. The molecule has 1 unspecified atom stereocenters. The number of amides is 4. The fourth-order valence-corrected chi connectivity index (χ4v) is 5.03. The van der Waals surface area contributed by atoms with E-state index in [0.717, 1.165) is 27.6 Å². The van der Waals surface area contributed by atoms with Gasteiger partial charge in [-0.3, -0.25) is 24.5 Å². The quantitative estimate of drug-likeness (QED) is 0.370. The summed E-state index contributed by atoms with van der Waals surface area (Å²) in [5.41, 5.74) is 5.61. The number of benzene rings is 2. The molecule has 9 nitrogen and oxygen atoms in total. The smallest absolute Gasteiger partial charge is 0.255 e. The minimum atomic E-state index is -0.661. The summed E-state index contributed by atoms with van der Waals surface area (Å²) >= 11 is 0. The minimum absolute atomic E-state index is 0.00421. The molecule has 0 aromatic heterocycles. The van der Waals surface area contributed by atoms with E-state index in [2.05, 4.69) is 13.2 Å². The lowest BCUT2D eigenvalue weighted by molar-refractivity contribution is -0.143. The largest absolute Gasteiger partial charge is 0.489 e. The third-order valence-electron chi connectivity index (χ3n) is 7.38. The lowest BCUT2D eigenvalue weighted by Gasteiger charge is -2.29. The Morgan fingerprint density at radius 1 is 1.06 bits per heavy atom. The van der Waals surface area contributed by atoms with E-state index in [1.54, 1.807) is 12.1 Å². The first kappa shape index (κ1) is 24.1. The van der Waals surface area contributed by atoms with Gasteiger partial charge in [-0.15, -0.1) is 0 Å². The van der Waals surface area contributed by atoms with Crippen molar-refractivity contribution in [2.24, 2.45) is 0 Å². The molecule has 2 aromatic carbocycles. The molecule has 11 heteroatoms. The second-order valence-corrected chi connectivity index (χ2v) is 9.47. The van der Waals surface area contributed by atoms with Crippen molar-refractivity contribution in [3.8, 4) is 5.75 Å². The van der Waals surface area contributed by atoms with E-state index in [-0.39, 0.29) is 37.3 Å². The first-order valence-corrected chi connectivity index (χ1v) is 12.2. The molecule has 0 radical (unpaired) electrons. The zero-order chi connectivity index (χ0) is 25.4. The van der Waals surface area contributed by atoms with E-state index in [1.165, 1.54) is 4.90 Å². The van der Waals surface area contributed by atoms with Gasteiger partial charge in [0.2, 0.25) is 17.7 Å². The van der Waals surface area contributed by atoms with E-state index < -0.39 is 11.9 Å². The number of rotatable bonds is 6. The van der Waals surface area contributed by atoms with Crippen LogP contribution in [-0.2, 0) is 38.8 Å². The van der Waals surface area contributed by atoms with Gasteiger partial charge in [-0.2, -0.15) is 0 Å². The van der Waals surface area contributed by atoms with Crippen molar-refractivity contribution in [3.63, 3.8) is 0 Å². The second-order valence-electron chi connectivity index (χ2n) is 9.47. The summed E-state index contributed by atoms with van der Waals surface area (Å²) in [7, 11) is 4.10. The molecule has 0 spiro atoms. The summed E-state index contributed by atoms with van der Waals surface area (Å²) in [5, 5.41) is 2.33. The molecule has 3 aliphatic rings. The van der Waals surface area contributed by atoms with Crippen molar-refractivity contribution in [1.29, 1.82) is 0 Å². The Kier molecular flexibility index (Phi) is 6.57. The number of nitrogens with zero attached hydrogens (tertiary/aromatic N) is 2. The predicted octanol–water partition coefficient (Wildman–Crippen LogP) is -2.10. The number of carbonyl (C=O) groups is 4. The summed E-state index contributed by atoms with van der Waals surface area (Å²) in [5.74, 6) is -0.350. The van der Waals surface area contributed by atoms with Crippen molar-refractivity contribution >= 4 is 50.2 Å². The maximum absolute atomic E-state index is 13.0. The molecule has 184 valence electrons. The van der Waals surface area contributed by atoms with Crippen LogP contribution in [0.2, 0.25) is 0 Å². The lowest BCUT2D eigenvalue weighted by atomic mass is 9.75. The zero-order valence-electron chi connectivity index (χ0n) is 20.5. The standard InChI is InChI=1S/C25H27B2N3O6/c26-22-14(10-29-8-9-35-13-21(29)32)4-5-15(23(22)27)12-36-19-3-1-2-16-17(19)11-30(25(16)34)18-6-7-20(31)28-24(18)33/h1-5,18H,6-13,26-27H2,(H,28,31,33). The Bertz CT molecular complexity index is 1270. The maximum atomic E-state index is 13.0. The number of nitrogens with one attached hydrogen (secondary N) is 1. The molecule has 1 atom stereocenters. The van der Waals surface area contributed by atoms with E-state index in [9.17, 15) is 19.2 Å². The van der Waals surface area contributed by atoms with Gasteiger partial charge in [0.15, 0.2) is 0 Å². The first-order valence-electron chi connectivity index (χ1n) is 12.2. The fraction of sp³-hybridized carbons (Fsp3) is 0.360. The van der Waals surface area contributed by atoms with Gasteiger partial charge in [0, 0.05) is 30.6 Å². The van der Waals surface area contributed by atoms with Gasteiger partial charge in [0.05, 0.1) is 13.2 Å². The molecule has 1 N–H and O–H groups in total. The molecule has 4 amide bonds. The molecular formula is C25H27B2N3O6. The number of carbonyl (C=O) groups excluding carboxylic acids is 4. The highest BCUT2D eigenvalue weighted by Gasteiger charge is 2.40. The van der Waals surface area contributed by atoms with Crippen molar-refractivity contribution in [2.45, 2.75) is 38.6 Å². The zero-order valence-corrected chi connectivity index (χ0v) is 20.5. The molecule has 0 aliphatic carbocycles. The van der Waals surface area contributed by atoms with Crippen molar-refractivity contribution in [2.75, 3.05) is 19.8 Å². The van der Waals surface area contributed by atoms with Gasteiger partial charge >= 0.3 is 0 Å². The van der Waals surface area contributed by atoms with Crippen LogP contribution < -0.4 is 21.0 Å². The van der Waals surface area contributed by atoms with Crippen LogP contribution in [0.3, 0.4) is 0 Å². The molecule has 3 aliphatic heterocycles. The monoisotopic (exact) mass is 487 g/mol. The topological polar surface area (TPSA) is 105 Å². The number of piperidine rings is 1. The summed E-state index contributed by atoms with van der Waals surface area (Å²) in [6.45, 7) is 2.43. The Labute approximate surface area is 210 Å². The van der Waals surface area contributed by atoms with Gasteiger partial charge in [-0.05, 0) is 29.7 Å². The molecule has 2 fully saturated rings. The summed E-state index contributed by atoms with van der Waals surface area (Å²) in [6.07, 6.45) is 0.537. The summed E-state index contributed by atoms with van der Waals surface area (Å²) in [6, 6.07) is 8.75. The van der Waals surface area contributed by atoms with Crippen LogP contribution >= 0.6 is 0 Å². The van der Waals surface area contributed by atoms with Gasteiger partial charge < -0.3 is 19.3 Å². The van der Waals surface area contributed by atoms with Crippen LogP contribution in [0.1, 0.15) is 39.9 Å².